The standard InChI is InChI=1S/C16H19FN2O3/c1-9(2)19-10(3)13(15(20)22-4)14(18-16(19)21)11-6-5-7-12(17)8-11/h5-9,14H,1-4H3,(H,18,21)/t14-/m0/s1. The van der Waals surface area contributed by atoms with E-state index in [9.17, 15) is 14.0 Å². The van der Waals surface area contributed by atoms with Gasteiger partial charge in [-0.15, -0.1) is 0 Å². The van der Waals surface area contributed by atoms with E-state index < -0.39 is 17.8 Å². The van der Waals surface area contributed by atoms with Crippen LogP contribution in [0.25, 0.3) is 0 Å². The fourth-order valence-electron chi connectivity index (χ4n) is 2.69. The molecule has 0 fully saturated rings. The molecule has 1 atom stereocenters. The lowest BCUT2D eigenvalue weighted by Gasteiger charge is -2.37. The minimum atomic E-state index is -0.731. The first-order chi connectivity index (χ1) is 10.4. The largest absolute Gasteiger partial charge is 0.466 e. The molecular formula is C16H19FN2O3. The Hall–Kier alpha value is -2.37. The van der Waals surface area contributed by atoms with Crippen LogP contribution < -0.4 is 5.32 Å². The Balaban J connectivity index is 2.58. The predicted octanol–water partition coefficient (Wildman–Crippen LogP) is 2.75. The molecule has 22 heavy (non-hydrogen) atoms. The topological polar surface area (TPSA) is 58.6 Å². The maximum Gasteiger partial charge on any atom is 0.337 e. The molecule has 1 aliphatic rings. The van der Waals surface area contributed by atoms with Crippen molar-refractivity contribution in [3.63, 3.8) is 0 Å². The summed E-state index contributed by atoms with van der Waals surface area (Å²) >= 11 is 0. The highest BCUT2D eigenvalue weighted by Gasteiger charge is 2.37. The van der Waals surface area contributed by atoms with E-state index in [2.05, 4.69) is 5.32 Å². The Bertz CT molecular complexity index is 640. The normalized spacial score (nSPS) is 18.5. The second-order valence-electron chi connectivity index (χ2n) is 5.39. The molecule has 2 amide bonds. The van der Waals surface area contributed by atoms with Crippen LogP contribution in [-0.2, 0) is 9.53 Å². The number of esters is 1. The Morgan fingerprint density at radius 2 is 2.09 bits per heavy atom. The van der Waals surface area contributed by atoms with Gasteiger partial charge in [0.2, 0.25) is 0 Å². The summed E-state index contributed by atoms with van der Waals surface area (Å²) in [6.45, 7) is 5.39. The third kappa shape index (κ3) is 2.81. The minimum Gasteiger partial charge on any atom is -0.466 e. The minimum absolute atomic E-state index is 0.117. The molecule has 1 aromatic carbocycles. The first-order valence-electron chi connectivity index (χ1n) is 7.01. The molecule has 2 rings (SSSR count). The van der Waals surface area contributed by atoms with Crippen molar-refractivity contribution in [2.24, 2.45) is 0 Å². The number of benzene rings is 1. The molecule has 0 bridgehead atoms. The van der Waals surface area contributed by atoms with Gasteiger partial charge in [0.05, 0.1) is 18.7 Å². The van der Waals surface area contributed by atoms with Gasteiger partial charge in [-0.2, -0.15) is 0 Å². The molecule has 0 radical (unpaired) electrons. The van der Waals surface area contributed by atoms with Gasteiger partial charge in [0.1, 0.15) is 5.82 Å². The van der Waals surface area contributed by atoms with Crippen LogP contribution in [0.5, 0.6) is 0 Å². The number of hydrogen-bond donors (Lipinski definition) is 1. The first-order valence-corrected chi connectivity index (χ1v) is 7.01. The highest BCUT2D eigenvalue weighted by atomic mass is 19.1. The number of nitrogens with one attached hydrogen (secondary N) is 1. The molecule has 0 saturated heterocycles. The molecule has 6 heteroatoms. The number of rotatable bonds is 3. The number of amides is 2. The SMILES string of the molecule is COC(=O)C1=C(C)N(C(C)C)C(=O)N[C@H]1c1cccc(F)c1. The monoisotopic (exact) mass is 306 g/mol. The van der Waals surface area contributed by atoms with E-state index in [1.165, 1.54) is 30.2 Å². The zero-order valence-electron chi connectivity index (χ0n) is 13.0. The fraction of sp³-hybridized carbons (Fsp3) is 0.375. The lowest BCUT2D eigenvalue weighted by molar-refractivity contribution is -0.136. The predicted molar refractivity (Wildman–Crippen MR) is 79.4 cm³/mol. The zero-order chi connectivity index (χ0) is 16.4. The summed E-state index contributed by atoms with van der Waals surface area (Å²) in [5.74, 6) is -0.975. The van der Waals surface area contributed by atoms with Crippen molar-refractivity contribution in [2.45, 2.75) is 32.9 Å². The number of hydrogen-bond acceptors (Lipinski definition) is 3. The number of ether oxygens (including phenoxy) is 1. The smallest absolute Gasteiger partial charge is 0.337 e. The molecule has 0 saturated carbocycles. The van der Waals surface area contributed by atoms with Crippen molar-refractivity contribution in [1.29, 1.82) is 0 Å². The third-order valence-corrected chi connectivity index (χ3v) is 3.63. The number of carbonyl (C=O) groups is 2. The van der Waals surface area contributed by atoms with E-state index in [0.29, 0.717) is 16.8 Å². The van der Waals surface area contributed by atoms with Gasteiger partial charge in [-0.1, -0.05) is 12.1 Å². The molecule has 0 aliphatic carbocycles. The third-order valence-electron chi connectivity index (χ3n) is 3.63. The van der Waals surface area contributed by atoms with E-state index in [4.69, 9.17) is 4.74 Å². The van der Waals surface area contributed by atoms with Crippen LogP contribution in [0.2, 0.25) is 0 Å². The summed E-state index contributed by atoms with van der Waals surface area (Å²) in [5, 5.41) is 2.75. The van der Waals surface area contributed by atoms with Gasteiger partial charge in [-0.3, -0.25) is 4.90 Å². The number of nitrogens with zero attached hydrogens (tertiary/aromatic N) is 1. The highest BCUT2D eigenvalue weighted by Crippen LogP contribution is 2.32. The Morgan fingerprint density at radius 1 is 1.41 bits per heavy atom. The maximum atomic E-state index is 13.5. The zero-order valence-corrected chi connectivity index (χ0v) is 13.0. The van der Waals surface area contributed by atoms with Gasteiger partial charge in [-0.05, 0) is 38.5 Å². The van der Waals surface area contributed by atoms with Crippen molar-refractivity contribution >= 4 is 12.0 Å². The van der Waals surface area contributed by atoms with Crippen molar-refractivity contribution in [1.82, 2.24) is 10.2 Å². The molecule has 0 spiro atoms. The molecular weight excluding hydrogens is 287 g/mol. The lowest BCUT2D eigenvalue weighted by atomic mass is 9.94. The molecule has 1 aliphatic heterocycles. The Morgan fingerprint density at radius 3 is 2.64 bits per heavy atom. The number of urea groups is 1. The van der Waals surface area contributed by atoms with Gasteiger partial charge < -0.3 is 10.1 Å². The van der Waals surface area contributed by atoms with Gasteiger partial charge in [0, 0.05) is 11.7 Å². The van der Waals surface area contributed by atoms with Crippen molar-refractivity contribution < 1.29 is 18.7 Å². The van der Waals surface area contributed by atoms with Crippen LogP contribution >= 0.6 is 0 Å². The van der Waals surface area contributed by atoms with Crippen molar-refractivity contribution in [3.8, 4) is 0 Å². The number of methoxy groups -OCH3 is 1. The summed E-state index contributed by atoms with van der Waals surface area (Å²) in [5.41, 5.74) is 1.32. The Kier molecular flexibility index (Phi) is 4.49. The number of halogens is 1. The Labute approximate surface area is 128 Å². The number of carbonyl (C=O) groups excluding carboxylic acids is 2. The van der Waals surface area contributed by atoms with Crippen LogP contribution in [0.4, 0.5) is 9.18 Å². The summed E-state index contributed by atoms with van der Waals surface area (Å²) < 4.78 is 18.3. The molecule has 5 nitrogen and oxygen atoms in total. The van der Waals surface area contributed by atoms with Gasteiger partial charge in [-0.25, -0.2) is 14.0 Å². The molecule has 0 aromatic heterocycles. The van der Waals surface area contributed by atoms with Crippen LogP contribution in [0.3, 0.4) is 0 Å². The summed E-state index contributed by atoms with van der Waals surface area (Å²) in [4.78, 5) is 26.0. The van der Waals surface area contributed by atoms with Crippen LogP contribution in [-0.4, -0.2) is 30.1 Å². The van der Waals surface area contributed by atoms with Crippen LogP contribution in [0, 0.1) is 5.82 Å². The highest BCUT2D eigenvalue weighted by molar-refractivity contribution is 5.95. The van der Waals surface area contributed by atoms with Crippen LogP contribution in [0.1, 0.15) is 32.4 Å². The maximum absolute atomic E-state index is 13.5. The van der Waals surface area contributed by atoms with E-state index in [-0.39, 0.29) is 12.1 Å². The van der Waals surface area contributed by atoms with E-state index >= 15 is 0 Å². The van der Waals surface area contributed by atoms with E-state index in [0.717, 1.165) is 0 Å². The average Bonchev–Trinajstić information content (AvgIpc) is 2.45. The van der Waals surface area contributed by atoms with Crippen LogP contribution in [0.15, 0.2) is 35.5 Å². The molecule has 1 aromatic rings. The van der Waals surface area contributed by atoms with Crippen molar-refractivity contribution in [2.75, 3.05) is 7.11 Å². The average molecular weight is 306 g/mol. The van der Waals surface area contributed by atoms with Gasteiger partial charge >= 0.3 is 12.0 Å². The molecule has 0 unspecified atom stereocenters. The van der Waals surface area contributed by atoms with Crippen molar-refractivity contribution in [3.05, 3.63) is 46.9 Å². The summed E-state index contributed by atoms with van der Waals surface area (Å²) in [6, 6.07) is 4.63. The second-order valence-corrected chi connectivity index (χ2v) is 5.39. The molecule has 118 valence electrons. The molecule has 1 heterocycles. The van der Waals surface area contributed by atoms with Gasteiger partial charge in [0.15, 0.2) is 0 Å². The fourth-order valence-corrected chi connectivity index (χ4v) is 2.69. The second kappa shape index (κ2) is 6.17. The summed E-state index contributed by atoms with van der Waals surface area (Å²) in [6.07, 6.45) is 0. The first kappa shape index (κ1) is 16.0. The summed E-state index contributed by atoms with van der Waals surface area (Å²) in [7, 11) is 1.28. The lowest BCUT2D eigenvalue weighted by Crippen LogP contribution is -2.50. The van der Waals surface area contributed by atoms with E-state index in [1.807, 2.05) is 13.8 Å². The van der Waals surface area contributed by atoms with Gasteiger partial charge in [0.25, 0.3) is 0 Å². The molecule has 1 N–H and O–H groups in total. The quantitative estimate of drug-likeness (QED) is 0.874. The number of allylic oxidation sites excluding steroid dienone is 1. The van der Waals surface area contributed by atoms with E-state index in [1.54, 1.807) is 13.0 Å².